The largest absolute Gasteiger partial charge is 0.481 e. The van der Waals surface area contributed by atoms with Gasteiger partial charge in [0.2, 0.25) is 5.91 Å². The van der Waals surface area contributed by atoms with E-state index in [4.69, 9.17) is 4.74 Å². The molecule has 0 aromatic heterocycles. The van der Waals surface area contributed by atoms with Gasteiger partial charge in [-0.25, -0.2) is 4.79 Å². The lowest BCUT2D eigenvalue weighted by molar-refractivity contribution is -0.138. The number of aliphatic carboxylic acids is 1. The van der Waals surface area contributed by atoms with E-state index < -0.39 is 35.5 Å². The minimum Gasteiger partial charge on any atom is -0.481 e. The molecule has 188 valence electrons. The van der Waals surface area contributed by atoms with Crippen LogP contribution in [-0.2, 0) is 14.3 Å². The van der Waals surface area contributed by atoms with Crippen molar-refractivity contribution in [2.45, 2.75) is 71.4 Å². The van der Waals surface area contributed by atoms with Gasteiger partial charge in [0.05, 0.1) is 6.42 Å². The van der Waals surface area contributed by atoms with Crippen molar-refractivity contribution in [3.05, 3.63) is 59.7 Å². The highest BCUT2D eigenvalue weighted by atomic mass is 16.5. The summed E-state index contributed by atoms with van der Waals surface area (Å²) in [7, 11) is 0. The van der Waals surface area contributed by atoms with Crippen LogP contribution in [0.15, 0.2) is 48.5 Å². The average molecular weight is 481 g/mol. The van der Waals surface area contributed by atoms with Crippen LogP contribution in [0.1, 0.15) is 70.4 Å². The first kappa shape index (κ1) is 26.3. The maximum Gasteiger partial charge on any atom is 0.407 e. The normalized spacial score (nSPS) is 14.4. The summed E-state index contributed by atoms with van der Waals surface area (Å²) in [5.74, 6) is -1.46. The van der Waals surface area contributed by atoms with E-state index in [1.807, 2.05) is 64.1 Å². The van der Waals surface area contributed by atoms with Crippen LogP contribution in [0.3, 0.4) is 0 Å². The zero-order valence-corrected chi connectivity index (χ0v) is 21.0. The molecule has 0 bridgehead atoms. The number of fused-ring (bicyclic) bond motifs is 3. The Morgan fingerprint density at radius 1 is 0.971 bits per heavy atom. The summed E-state index contributed by atoms with van der Waals surface area (Å²) >= 11 is 0. The van der Waals surface area contributed by atoms with Crippen molar-refractivity contribution >= 4 is 18.0 Å². The van der Waals surface area contributed by atoms with E-state index in [0.717, 1.165) is 35.1 Å². The molecule has 2 aromatic rings. The van der Waals surface area contributed by atoms with E-state index >= 15 is 0 Å². The van der Waals surface area contributed by atoms with Crippen LogP contribution >= 0.6 is 0 Å². The molecule has 0 saturated carbocycles. The summed E-state index contributed by atoms with van der Waals surface area (Å²) in [6.07, 6.45) is 1.43. The fraction of sp³-hybridized carbons (Fsp3) is 0.464. The second kappa shape index (κ2) is 11.4. The van der Waals surface area contributed by atoms with Gasteiger partial charge in [-0.05, 0) is 34.1 Å². The van der Waals surface area contributed by atoms with Gasteiger partial charge in [0.1, 0.15) is 12.6 Å². The quantitative estimate of drug-likeness (QED) is 0.439. The van der Waals surface area contributed by atoms with Gasteiger partial charge in [-0.1, -0.05) is 89.1 Å². The number of carboxylic acid groups (broad SMARTS) is 1. The van der Waals surface area contributed by atoms with E-state index in [1.54, 1.807) is 0 Å². The van der Waals surface area contributed by atoms with Crippen molar-refractivity contribution in [1.82, 2.24) is 10.6 Å². The number of ether oxygens (including phenoxy) is 1. The van der Waals surface area contributed by atoms with E-state index in [2.05, 4.69) is 22.8 Å². The van der Waals surface area contributed by atoms with Crippen LogP contribution in [-0.4, -0.2) is 41.8 Å². The lowest BCUT2D eigenvalue weighted by Crippen LogP contribution is -2.55. The fourth-order valence-corrected chi connectivity index (χ4v) is 4.60. The summed E-state index contributed by atoms with van der Waals surface area (Å²) < 4.78 is 5.63. The summed E-state index contributed by atoms with van der Waals surface area (Å²) in [4.78, 5) is 37.2. The molecule has 1 aliphatic rings. The Kier molecular flexibility index (Phi) is 8.54. The number of carbonyl (C=O) groups is 3. The van der Waals surface area contributed by atoms with Gasteiger partial charge in [-0.3, -0.25) is 9.59 Å². The summed E-state index contributed by atoms with van der Waals surface area (Å²) in [5.41, 5.74) is 3.90. The SMILES string of the molecule is CCCC[C@H](CC(=O)O)NC(=O)[C@@H](NC(=O)OCC1c2ccccc2-c2ccccc21)C(C)(C)C. The van der Waals surface area contributed by atoms with Crippen LogP contribution in [0.4, 0.5) is 4.79 Å². The van der Waals surface area contributed by atoms with Crippen molar-refractivity contribution < 1.29 is 24.2 Å². The number of hydrogen-bond acceptors (Lipinski definition) is 4. The standard InChI is InChI=1S/C28H36N2O5/c1-5-6-11-18(16-24(31)32)29-26(33)25(28(2,3)4)30-27(34)35-17-23-21-14-9-7-12-19(21)20-13-8-10-15-22(20)23/h7-10,12-15,18,23,25H,5-6,11,16-17H2,1-4H3,(H,29,33)(H,30,34)(H,31,32)/t18-,25-/m1/s1. The number of benzene rings is 2. The Morgan fingerprint density at radius 3 is 2.06 bits per heavy atom. The molecule has 0 spiro atoms. The minimum atomic E-state index is -0.969. The van der Waals surface area contributed by atoms with Crippen molar-refractivity contribution in [1.29, 1.82) is 0 Å². The minimum absolute atomic E-state index is 0.0796. The average Bonchev–Trinajstić information content (AvgIpc) is 3.12. The van der Waals surface area contributed by atoms with E-state index in [9.17, 15) is 19.5 Å². The highest BCUT2D eigenvalue weighted by Gasteiger charge is 2.35. The Labute approximate surface area is 207 Å². The second-order valence-electron chi connectivity index (χ2n) is 10.2. The maximum atomic E-state index is 13.1. The number of amides is 2. The first-order valence-corrected chi connectivity index (χ1v) is 12.3. The zero-order chi connectivity index (χ0) is 25.6. The van der Waals surface area contributed by atoms with E-state index in [0.29, 0.717) is 6.42 Å². The number of rotatable bonds is 10. The van der Waals surface area contributed by atoms with Gasteiger partial charge < -0.3 is 20.5 Å². The highest BCUT2D eigenvalue weighted by molar-refractivity contribution is 5.87. The lowest BCUT2D eigenvalue weighted by atomic mass is 9.86. The Hall–Kier alpha value is -3.35. The monoisotopic (exact) mass is 480 g/mol. The highest BCUT2D eigenvalue weighted by Crippen LogP contribution is 2.44. The first-order chi connectivity index (χ1) is 16.6. The Bertz CT molecular complexity index is 1010. The number of unbranched alkanes of at least 4 members (excludes halogenated alkanes) is 1. The summed E-state index contributed by atoms with van der Waals surface area (Å²) in [5, 5.41) is 14.8. The molecule has 7 heteroatoms. The molecule has 0 heterocycles. The maximum absolute atomic E-state index is 13.1. The Balaban J connectivity index is 1.67. The van der Waals surface area contributed by atoms with Crippen LogP contribution in [0.25, 0.3) is 11.1 Å². The molecule has 1 aliphatic carbocycles. The Morgan fingerprint density at radius 2 is 1.54 bits per heavy atom. The predicted octanol–water partition coefficient (Wildman–Crippen LogP) is 5.09. The third-order valence-electron chi connectivity index (χ3n) is 6.41. The summed E-state index contributed by atoms with van der Waals surface area (Å²) in [6, 6.07) is 14.8. The smallest absolute Gasteiger partial charge is 0.407 e. The molecule has 0 saturated heterocycles. The van der Waals surface area contributed by atoms with E-state index in [1.165, 1.54) is 0 Å². The molecule has 3 rings (SSSR count). The molecular formula is C28H36N2O5. The van der Waals surface area contributed by atoms with Crippen molar-refractivity contribution in [2.24, 2.45) is 5.41 Å². The molecule has 2 aromatic carbocycles. The number of carbonyl (C=O) groups excluding carboxylic acids is 2. The second-order valence-corrected chi connectivity index (χ2v) is 10.2. The van der Waals surface area contributed by atoms with Crippen molar-refractivity contribution in [3.63, 3.8) is 0 Å². The van der Waals surface area contributed by atoms with Gasteiger partial charge in [-0.15, -0.1) is 0 Å². The molecule has 0 unspecified atom stereocenters. The number of nitrogens with one attached hydrogen (secondary N) is 2. The molecule has 0 aliphatic heterocycles. The van der Waals surface area contributed by atoms with Gasteiger partial charge in [0.15, 0.2) is 0 Å². The van der Waals surface area contributed by atoms with Crippen LogP contribution < -0.4 is 10.6 Å². The van der Waals surface area contributed by atoms with Gasteiger partial charge >= 0.3 is 12.1 Å². The van der Waals surface area contributed by atoms with Crippen LogP contribution in [0.5, 0.6) is 0 Å². The molecule has 3 N–H and O–H groups in total. The van der Waals surface area contributed by atoms with Gasteiger partial charge in [0.25, 0.3) is 0 Å². The van der Waals surface area contributed by atoms with Crippen molar-refractivity contribution in [3.8, 4) is 11.1 Å². The first-order valence-electron chi connectivity index (χ1n) is 12.3. The molecular weight excluding hydrogens is 444 g/mol. The lowest BCUT2D eigenvalue weighted by Gasteiger charge is -2.31. The number of alkyl carbamates (subject to hydrolysis) is 1. The molecule has 0 fully saturated rings. The predicted molar refractivity (Wildman–Crippen MR) is 135 cm³/mol. The van der Waals surface area contributed by atoms with Crippen LogP contribution in [0, 0.1) is 5.41 Å². The number of carboxylic acids is 1. The number of hydrogen-bond donors (Lipinski definition) is 3. The molecule has 35 heavy (non-hydrogen) atoms. The van der Waals surface area contributed by atoms with Gasteiger partial charge in [-0.2, -0.15) is 0 Å². The molecule has 2 amide bonds. The third-order valence-corrected chi connectivity index (χ3v) is 6.41. The van der Waals surface area contributed by atoms with E-state index in [-0.39, 0.29) is 18.9 Å². The third kappa shape index (κ3) is 6.62. The van der Waals surface area contributed by atoms with Crippen LogP contribution in [0.2, 0.25) is 0 Å². The summed E-state index contributed by atoms with van der Waals surface area (Å²) in [6.45, 7) is 7.70. The molecule has 0 radical (unpaired) electrons. The fourth-order valence-electron chi connectivity index (χ4n) is 4.60. The molecule has 2 atom stereocenters. The van der Waals surface area contributed by atoms with Crippen molar-refractivity contribution in [2.75, 3.05) is 6.61 Å². The van der Waals surface area contributed by atoms with Gasteiger partial charge in [0, 0.05) is 12.0 Å². The molecule has 7 nitrogen and oxygen atoms in total. The topological polar surface area (TPSA) is 105 Å². The zero-order valence-electron chi connectivity index (χ0n) is 21.0.